The van der Waals surface area contributed by atoms with Crippen LogP contribution in [-0.4, -0.2) is 48.4 Å². The molecule has 2 saturated heterocycles. The smallest absolute Gasteiger partial charge is 0.254 e. The molecule has 2 aliphatic rings. The molecule has 0 spiro atoms. The van der Waals surface area contributed by atoms with Gasteiger partial charge in [-0.1, -0.05) is 12.1 Å². The quantitative estimate of drug-likeness (QED) is 0.822. The number of anilines is 1. The van der Waals surface area contributed by atoms with Gasteiger partial charge in [0.1, 0.15) is 0 Å². The van der Waals surface area contributed by atoms with Crippen molar-refractivity contribution in [2.24, 2.45) is 0 Å². The van der Waals surface area contributed by atoms with E-state index in [0.29, 0.717) is 19.4 Å². The van der Waals surface area contributed by atoms with E-state index in [9.17, 15) is 19.1 Å². The van der Waals surface area contributed by atoms with Crippen LogP contribution in [0.4, 0.5) is 10.1 Å². The van der Waals surface area contributed by atoms with Crippen molar-refractivity contribution in [2.45, 2.75) is 25.2 Å². The maximum absolute atomic E-state index is 13.8. The predicted molar refractivity (Wildman–Crippen MR) is 105 cm³/mol. The first-order valence-corrected chi connectivity index (χ1v) is 9.68. The number of likely N-dealkylation sites (tertiary alicyclic amines) is 1. The molecular formula is C22H23FN2O3. The Labute approximate surface area is 163 Å². The summed E-state index contributed by atoms with van der Waals surface area (Å²) in [5.41, 5.74) is 2.32. The summed E-state index contributed by atoms with van der Waals surface area (Å²) < 4.78 is 13.8. The van der Waals surface area contributed by atoms with E-state index in [4.69, 9.17) is 0 Å². The summed E-state index contributed by atoms with van der Waals surface area (Å²) in [7, 11) is 0. The number of aldehydes is 1. The molecule has 1 N–H and O–H groups in total. The summed E-state index contributed by atoms with van der Waals surface area (Å²) >= 11 is 0. The van der Waals surface area contributed by atoms with E-state index in [1.165, 1.54) is 30.2 Å². The maximum atomic E-state index is 13.8. The summed E-state index contributed by atoms with van der Waals surface area (Å²) in [5.74, 6) is -1.76. The van der Waals surface area contributed by atoms with Crippen LogP contribution in [0.3, 0.4) is 0 Å². The highest BCUT2D eigenvalue weighted by atomic mass is 19.1. The number of phenolic OH excluding ortho intramolecular Hbond substituents is 1. The normalized spacial score (nSPS) is 19.2. The van der Waals surface area contributed by atoms with Gasteiger partial charge in [-0.2, -0.15) is 0 Å². The molecule has 4 rings (SSSR count). The largest absolute Gasteiger partial charge is 0.504 e. The summed E-state index contributed by atoms with van der Waals surface area (Å²) in [5, 5.41) is 9.53. The second kappa shape index (κ2) is 7.62. The molecule has 2 fully saturated rings. The van der Waals surface area contributed by atoms with Crippen molar-refractivity contribution in [2.75, 3.05) is 31.1 Å². The van der Waals surface area contributed by atoms with Crippen LogP contribution in [0, 0.1) is 5.82 Å². The number of carbonyl (C=O) groups excluding carboxylic acids is 2. The fourth-order valence-corrected chi connectivity index (χ4v) is 4.17. The van der Waals surface area contributed by atoms with Crippen molar-refractivity contribution >= 4 is 17.9 Å². The molecule has 28 heavy (non-hydrogen) atoms. The zero-order chi connectivity index (χ0) is 19.7. The van der Waals surface area contributed by atoms with Gasteiger partial charge in [0.25, 0.3) is 5.91 Å². The van der Waals surface area contributed by atoms with Crippen LogP contribution in [0.5, 0.6) is 5.75 Å². The molecule has 0 radical (unpaired) electrons. The van der Waals surface area contributed by atoms with Gasteiger partial charge in [0.05, 0.1) is 5.56 Å². The van der Waals surface area contributed by atoms with Crippen LogP contribution in [-0.2, 0) is 0 Å². The SMILES string of the molecule is O=Cc1cc(C(=O)N2CC[C@@H](c3ccc(N4CCCC4)cc3)C2)cc(F)c1O. The van der Waals surface area contributed by atoms with Gasteiger partial charge >= 0.3 is 0 Å². The van der Waals surface area contributed by atoms with Gasteiger partial charge in [0.15, 0.2) is 17.9 Å². The number of nitrogens with zero attached hydrogens (tertiary/aromatic N) is 2. The zero-order valence-corrected chi connectivity index (χ0v) is 15.6. The zero-order valence-electron chi connectivity index (χ0n) is 15.6. The molecule has 0 unspecified atom stereocenters. The highest BCUT2D eigenvalue weighted by molar-refractivity contribution is 5.96. The lowest BCUT2D eigenvalue weighted by atomic mass is 9.98. The number of phenols is 1. The number of halogens is 1. The third-order valence-corrected chi connectivity index (χ3v) is 5.78. The average Bonchev–Trinajstić information content (AvgIpc) is 3.42. The van der Waals surface area contributed by atoms with Crippen LogP contribution < -0.4 is 4.90 Å². The molecule has 6 heteroatoms. The third kappa shape index (κ3) is 3.46. The molecule has 0 aliphatic carbocycles. The van der Waals surface area contributed by atoms with Gasteiger partial charge in [-0.05, 0) is 49.1 Å². The minimum atomic E-state index is -0.957. The Bertz CT molecular complexity index is 891. The molecule has 0 aromatic heterocycles. The summed E-state index contributed by atoms with van der Waals surface area (Å²) in [4.78, 5) is 27.8. The molecule has 1 atom stereocenters. The van der Waals surface area contributed by atoms with Crippen LogP contribution in [0.25, 0.3) is 0 Å². The first-order chi connectivity index (χ1) is 13.6. The number of hydrogen-bond acceptors (Lipinski definition) is 4. The van der Waals surface area contributed by atoms with E-state index >= 15 is 0 Å². The molecule has 0 bridgehead atoms. The Morgan fingerprint density at radius 2 is 1.82 bits per heavy atom. The van der Waals surface area contributed by atoms with Gasteiger partial charge in [-0.15, -0.1) is 0 Å². The topological polar surface area (TPSA) is 60.9 Å². The Hall–Kier alpha value is -2.89. The van der Waals surface area contributed by atoms with Gasteiger partial charge < -0.3 is 14.9 Å². The van der Waals surface area contributed by atoms with Crippen LogP contribution in [0.1, 0.15) is 51.5 Å². The number of rotatable bonds is 4. The molecule has 5 nitrogen and oxygen atoms in total. The molecule has 2 heterocycles. The predicted octanol–water partition coefficient (Wildman–Crippen LogP) is 3.57. The second-order valence-corrected chi connectivity index (χ2v) is 7.54. The first kappa shape index (κ1) is 18.5. The Balaban J connectivity index is 1.46. The monoisotopic (exact) mass is 382 g/mol. The molecule has 2 aliphatic heterocycles. The molecule has 0 saturated carbocycles. The second-order valence-electron chi connectivity index (χ2n) is 7.54. The molecule has 1 amide bonds. The summed E-state index contributed by atoms with van der Waals surface area (Å²) in [6.07, 6.45) is 3.68. The number of aromatic hydroxyl groups is 1. The van der Waals surface area contributed by atoms with Crippen molar-refractivity contribution in [1.82, 2.24) is 4.90 Å². The highest BCUT2D eigenvalue weighted by Gasteiger charge is 2.29. The molecular weight excluding hydrogens is 359 g/mol. The number of amides is 1. The van der Waals surface area contributed by atoms with Crippen molar-refractivity contribution in [3.05, 3.63) is 58.9 Å². The first-order valence-electron chi connectivity index (χ1n) is 9.68. The Kier molecular flexibility index (Phi) is 5.03. The van der Waals surface area contributed by atoms with Gasteiger partial charge in [-0.3, -0.25) is 9.59 Å². The number of carbonyl (C=O) groups is 2. The third-order valence-electron chi connectivity index (χ3n) is 5.78. The van der Waals surface area contributed by atoms with Crippen molar-refractivity contribution in [3.8, 4) is 5.75 Å². The van der Waals surface area contributed by atoms with E-state index in [1.807, 2.05) is 0 Å². The molecule has 2 aromatic rings. The minimum absolute atomic E-state index is 0.0856. The fraction of sp³-hybridized carbons (Fsp3) is 0.364. The summed E-state index contributed by atoms with van der Waals surface area (Å²) in [6, 6.07) is 10.8. The van der Waals surface area contributed by atoms with Gasteiger partial charge in [0, 0.05) is 43.3 Å². The number of benzene rings is 2. The van der Waals surface area contributed by atoms with E-state index < -0.39 is 11.6 Å². The van der Waals surface area contributed by atoms with Crippen LogP contribution in [0.2, 0.25) is 0 Å². The lowest BCUT2D eigenvalue weighted by Crippen LogP contribution is -2.28. The minimum Gasteiger partial charge on any atom is -0.504 e. The van der Waals surface area contributed by atoms with Crippen molar-refractivity contribution in [1.29, 1.82) is 0 Å². The summed E-state index contributed by atoms with van der Waals surface area (Å²) in [6.45, 7) is 3.35. The van der Waals surface area contributed by atoms with Crippen LogP contribution >= 0.6 is 0 Å². The average molecular weight is 382 g/mol. The number of hydrogen-bond donors (Lipinski definition) is 1. The van der Waals surface area contributed by atoms with Crippen molar-refractivity contribution in [3.63, 3.8) is 0 Å². The van der Waals surface area contributed by atoms with Crippen molar-refractivity contribution < 1.29 is 19.1 Å². The Morgan fingerprint density at radius 1 is 1.11 bits per heavy atom. The van der Waals surface area contributed by atoms with E-state index in [0.717, 1.165) is 25.6 Å². The molecule has 2 aromatic carbocycles. The van der Waals surface area contributed by atoms with Gasteiger partial charge in [0.2, 0.25) is 0 Å². The van der Waals surface area contributed by atoms with E-state index in [2.05, 4.69) is 29.2 Å². The van der Waals surface area contributed by atoms with Crippen LogP contribution in [0.15, 0.2) is 36.4 Å². The highest BCUT2D eigenvalue weighted by Crippen LogP contribution is 2.31. The standard InChI is InChI=1S/C22H23FN2O3/c23-20-12-17(11-18(14-26)21(20)27)22(28)25-10-7-16(13-25)15-3-5-19(6-4-15)24-8-1-2-9-24/h3-6,11-12,14,16,27H,1-2,7-10,13H2/t16-/m1/s1. The fourth-order valence-electron chi connectivity index (χ4n) is 4.17. The maximum Gasteiger partial charge on any atom is 0.254 e. The van der Waals surface area contributed by atoms with E-state index in [1.54, 1.807) is 4.90 Å². The Morgan fingerprint density at radius 3 is 2.50 bits per heavy atom. The van der Waals surface area contributed by atoms with Gasteiger partial charge in [-0.25, -0.2) is 4.39 Å². The lowest BCUT2D eigenvalue weighted by molar-refractivity contribution is 0.0790. The lowest BCUT2D eigenvalue weighted by Gasteiger charge is -2.19. The molecule has 146 valence electrons. The van der Waals surface area contributed by atoms with E-state index in [-0.39, 0.29) is 23.0 Å².